The Morgan fingerprint density at radius 2 is 1.79 bits per heavy atom. The third-order valence-corrected chi connectivity index (χ3v) is 2.14. The standard InChI is InChI=1S/C9H18N2O2.C4H6O2/c1-9(2,3)13-8(12)11-6-4-10-5-7-11;1-4(6)2-3-5/h10H,4-7H2,1-3H3;3H,2H2,1H3. The van der Waals surface area contributed by atoms with Crippen LogP contribution in [0.3, 0.4) is 0 Å². The molecule has 1 aliphatic rings. The van der Waals surface area contributed by atoms with Crippen LogP contribution in [-0.2, 0) is 14.3 Å². The molecule has 1 rings (SSSR count). The van der Waals surface area contributed by atoms with Gasteiger partial charge in [-0.05, 0) is 27.7 Å². The molecule has 0 aromatic heterocycles. The Bertz CT molecular complexity index is 304. The van der Waals surface area contributed by atoms with Crippen LogP contribution >= 0.6 is 0 Å². The number of carbonyl (C=O) groups excluding carboxylic acids is 3. The molecule has 1 amide bonds. The topological polar surface area (TPSA) is 75.7 Å². The molecule has 0 atom stereocenters. The van der Waals surface area contributed by atoms with Gasteiger partial charge in [0.05, 0.1) is 6.42 Å². The SMILES string of the molecule is CC(=O)CC=O.CC(C)(C)OC(=O)N1CCNCC1. The molecule has 6 nitrogen and oxygen atoms in total. The minimum Gasteiger partial charge on any atom is -0.444 e. The van der Waals surface area contributed by atoms with E-state index >= 15 is 0 Å². The first-order valence-electron chi connectivity index (χ1n) is 6.38. The zero-order valence-electron chi connectivity index (χ0n) is 12.2. The van der Waals surface area contributed by atoms with Gasteiger partial charge in [0.25, 0.3) is 0 Å². The van der Waals surface area contributed by atoms with E-state index in [0.29, 0.717) is 6.29 Å². The minimum absolute atomic E-state index is 0.0556. The van der Waals surface area contributed by atoms with Crippen LogP contribution in [0.25, 0.3) is 0 Å². The predicted octanol–water partition coefficient (Wildman–Crippen LogP) is 0.991. The molecule has 0 bridgehead atoms. The van der Waals surface area contributed by atoms with Crippen molar-refractivity contribution < 1.29 is 19.1 Å². The zero-order chi connectivity index (χ0) is 14.9. The Balaban J connectivity index is 0.000000459. The Morgan fingerprint density at radius 3 is 2.11 bits per heavy atom. The number of nitrogens with one attached hydrogen (secondary N) is 1. The first-order chi connectivity index (χ1) is 8.76. The van der Waals surface area contributed by atoms with Crippen molar-refractivity contribution in [3.8, 4) is 0 Å². The maximum atomic E-state index is 11.5. The van der Waals surface area contributed by atoms with E-state index in [1.54, 1.807) is 4.90 Å². The van der Waals surface area contributed by atoms with Gasteiger partial charge in [0, 0.05) is 26.2 Å². The van der Waals surface area contributed by atoms with Gasteiger partial charge < -0.3 is 19.7 Å². The second-order valence-corrected chi connectivity index (χ2v) is 5.29. The molecule has 1 saturated heterocycles. The summed E-state index contributed by atoms with van der Waals surface area (Å²) in [6.07, 6.45) is 0.455. The molecule has 1 aliphatic heterocycles. The van der Waals surface area contributed by atoms with Gasteiger partial charge in [-0.15, -0.1) is 0 Å². The van der Waals surface area contributed by atoms with Crippen LogP contribution in [-0.4, -0.2) is 54.8 Å². The summed E-state index contributed by atoms with van der Waals surface area (Å²) in [6, 6.07) is 0. The lowest BCUT2D eigenvalue weighted by Gasteiger charge is -2.30. The second kappa shape index (κ2) is 8.63. The number of aldehydes is 1. The number of nitrogens with zero attached hydrogens (tertiary/aromatic N) is 1. The molecule has 0 radical (unpaired) electrons. The maximum Gasteiger partial charge on any atom is 0.410 e. The summed E-state index contributed by atoms with van der Waals surface area (Å²) >= 11 is 0. The maximum absolute atomic E-state index is 11.5. The largest absolute Gasteiger partial charge is 0.444 e. The molecule has 0 aliphatic carbocycles. The molecule has 110 valence electrons. The average molecular weight is 272 g/mol. The molecule has 0 unspecified atom stereocenters. The molecule has 1 fully saturated rings. The van der Waals surface area contributed by atoms with Crippen molar-refractivity contribution in [3.63, 3.8) is 0 Å². The summed E-state index contributed by atoms with van der Waals surface area (Å²) in [5, 5.41) is 3.18. The predicted molar refractivity (Wildman–Crippen MR) is 72.0 cm³/mol. The number of ketones is 1. The fourth-order valence-electron chi connectivity index (χ4n) is 1.29. The number of hydrogen-bond acceptors (Lipinski definition) is 5. The van der Waals surface area contributed by atoms with E-state index in [2.05, 4.69) is 5.32 Å². The van der Waals surface area contributed by atoms with E-state index in [4.69, 9.17) is 4.74 Å². The van der Waals surface area contributed by atoms with Gasteiger partial charge in [-0.2, -0.15) is 0 Å². The highest BCUT2D eigenvalue weighted by Gasteiger charge is 2.22. The van der Waals surface area contributed by atoms with Gasteiger partial charge in [0.15, 0.2) is 0 Å². The van der Waals surface area contributed by atoms with Crippen molar-refractivity contribution in [2.45, 2.75) is 39.7 Å². The van der Waals surface area contributed by atoms with Crippen LogP contribution in [0.5, 0.6) is 0 Å². The summed E-state index contributed by atoms with van der Waals surface area (Å²) in [6.45, 7) is 10.2. The Hall–Kier alpha value is -1.43. The molecule has 0 saturated carbocycles. The summed E-state index contributed by atoms with van der Waals surface area (Å²) < 4.78 is 5.24. The fraction of sp³-hybridized carbons (Fsp3) is 0.769. The number of hydrogen-bond donors (Lipinski definition) is 1. The van der Waals surface area contributed by atoms with E-state index < -0.39 is 0 Å². The highest BCUT2D eigenvalue weighted by atomic mass is 16.6. The van der Waals surface area contributed by atoms with Crippen LogP contribution in [0.4, 0.5) is 4.79 Å². The fourth-order valence-corrected chi connectivity index (χ4v) is 1.29. The second-order valence-electron chi connectivity index (χ2n) is 5.29. The molecule has 1 heterocycles. The van der Waals surface area contributed by atoms with E-state index in [1.165, 1.54) is 6.92 Å². The van der Waals surface area contributed by atoms with Crippen molar-refractivity contribution >= 4 is 18.2 Å². The summed E-state index contributed by atoms with van der Waals surface area (Å²) in [4.78, 5) is 32.4. The smallest absolute Gasteiger partial charge is 0.410 e. The van der Waals surface area contributed by atoms with Gasteiger partial charge in [0.2, 0.25) is 0 Å². The van der Waals surface area contributed by atoms with Gasteiger partial charge in [-0.1, -0.05) is 0 Å². The van der Waals surface area contributed by atoms with Gasteiger partial charge in [-0.25, -0.2) is 4.79 Å². The summed E-state index contributed by atoms with van der Waals surface area (Å²) in [5.74, 6) is -0.0787. The van der Waals surface area contributed by atoms with Crippen molar-refractivity contribution in [3.05, 3.63) is 0 Å². The van der Waals surface area contributed by atoms with Crippen molar-refractivity contribution in [1.82, 2.24) is 10.2 Å². The molecule has 6 heteroatoms. The molecule has 1 N–H and O–H groups in total. The molecular formula is C13H24N2O4. The lowest BCUT2D eigenvalue weighted by atomic mass is 10.2. The number of rotatable bonds is 2. The van der Waals surface area contributed by atoms with Crippen LogP contribution < -0.4 is 5.32 Å². The average Bonchev–Trinajstić information content (AvgIpc) is 2.28. The first-order valence-corrected chi connectivity index (χ1v) is 6.38. The van der Waals surface area contributed by atoms with Crippen molar-refractivity contribution in [2.75, 3.05) is 26.2 Å². The third-order valence-electron chi connectivity index (χ3n) is 2.14. The molecule has 0 aromatic rings. The highest BCUT2D eigenvalue weighted by Crippen LogP contribution is 2.09. The first kappa shape index (κ1) is 17.6. The number of piperazine rings is 1. The Labute approximate surface area is 114 Å². The monoisotopic (exact) mass is 272 g/mol. The van der Waals surface area contributed by atoms with Crippen molar-refractivity contribution in [1.29, 1.82) is 0 Å². The lowest BCUT2D eigenvalue weighted by Crippen LogP contribution is -2.48. The molecular weight excluding hydrogens is 248 g/mol. The Morgan fingerprint density at radius 1 is 1.26 bits per heavy atom. The van der Waals surface area contributed by atoms with Crippen LogP contribution in [0.2, 0.25) is 0 Å². The van der Waals surface area contributed by atoms with E-state index in [9.17, 15) is 14.4 Å². The van der Waals surface area contributed by atoms with E-state index in [-0.39, 0.29) is 23.9 Å². The quantitative estimate of drug-likeness (QED) is 0.599. The number of ether oxygens (including phenoxy) is 1. The van der Waals surface area contributed by atoms with Crippen LogP contribution in [0, 0.1) is 0 Å². The molecule has 0 spiro atoms. The third kappa shape index (κ3) is 10.2. The summed E-state index contributed by atoms with van der Waals surface area (Å²) in [7, 11) is 0. The summed E-state index contributed by atoms with van der Waals surface area (Å²) in [5.41, 5.74) is -0.387. The highest BCUT2D eigenvalue weighted by molar-refractivity contribution is 5.87. The lowest BCUT2D eigenvalue weighted by molar-refractivity contribution is -0.120. The van der Waals surface area contributed by atoms with Crippen molar-refractivity contribution in [2.24, 2.45) is 0 Å². The normalized spacial score (nSPS) is 15.1. The number of carbonyl (C=O) groups is 3. The van der Waals surface area contributed by atoms with Crippen LogP contribution in [0.15, 0.2) is 0 Å². The van der Waals surface area contributed by atoms with E-state index in [0.717, 1.165) is 26.2 Å². The Kier molecular flexibility index (Phi) is 7.98. The number of amides is 1. The molecule has 19 heavy (non-hydrogen) atoms. The van der Waals surface area contributed by atoms with Gasteiger partial charge in [0.1, 0.15) is 17.7 Å². The minimum atomic E-state index is -0.387. The zero-order valence-corrected chi connectivity index (χ0v) is 12.2. The number of Topliss-reactive ketones (excluding diaryl/α,β-unsaturated/α-hetero) is 1. The van der Waals surface area contributed by atoms with E-state index in [1.807, 2.05) is 20.8 Å². The van der Waals surface area contributed by atoms with Crippen LogP contribution in [0.1, 0.15) is 34.1 Å². The molecule has 0 aromatic carbocycles. The van der Waals surface area contributed by atoms with Gasteiger partial charge >= 0.3 is 6.09 Å². The van der Waals surface area contributed by atoms with Gasteiger partial charge in [-0.3, -0.25) is 4.79 Å².